The first kappa shape index (κ1) is 24.9. The Bertz CT molecular complexity index is 1360. The number of carbonyl (C=O) groups is 1. The normalized spacial score (nSPS) is 13.8. The fourth-order valence-electron chi connectivity index (χ4n) is 3.68. The third-order valence-electron chi connectivity index (χ3n) is 5.49. The molecule has 1 aliphatic heterocycles. The van der Waals surface area contributed by atoms with Gasteiger partial charge in [-0.25, -0.2) is 8.42 Å². The number of rotatable bonds is 6. The number of anilines is 1. The molecular weight excluding hydrogens is 505 g/mol. The van der Waals surface area contributed by atoms with Gasteiger partial charge in [-0.2, -0.15) is 13.2 Å². The summed E-state index contributed by atoms with van der Waals surface area (Å²) in [5, 5.41) is -0.0614. The Morgan fingerprint density at radius 1 is 1.03 bits per heavy atom. The molecule has 0 aromatic heterocycles. The molecule has 0 radical (unpaired) electrons. The molecule has 35 heavy (non-hydrogen) atoms. The van der Waals surface area contributed by atoms with E-state index in [4.69, 9.17) is 16.3 Å². The van der Waals surface area contributed by atoms with Gasteiger partial charge in [0.25, 0.3) is 15.9 Å². The van der Waals surface area contributed by atoms with Gasteiger partial charge in [-0.05, 0) is 53.9 Å². The molecule has 1 aliphatic rings. The van der Waals surface area contributed by atoms with E-state index in [2.05, 4.69) is 4.72 Å². The van der Waals surface area contributed by atoms with Crippen molar-refractivity contribution in [2.75, 3.05) is 17.9 Å². The standard InChI is InChI=1S/C24H20ClF3N2O4S/c25-21-13-20(35(32,33)29-19-7-3-6-18(12-19)24(26,27)28)8-9-22(21)34-15-23(31)30-11-10-16-4-1-2-5-17(16)14-30/h1-9,12-13,29H,10-11,14-15H2. The van der Waals surface area contributed by atoms with Gasteiger partial charge in [0.15, 0.2) is 6.61 Å². The Labute approximate surface area is 205 Å². The van der Waals surface area contributed by atoms with E-state index in [-0.39, 0.29) is 33.9 Å². The van der Waals surface area contributed by atoms with E-state index in [1.807, 2.05) is 24.3 Å². The summed E-state index contributed by atoms with van der Waals surface area (Å²) in [4.78, 5) is 14.0. The maximum atomic E-state index is 12.9. The van der Waals surface area contributed by atoms with Gasteiger partial charge in [0.05, 0.1) is 15.5 Å². The summed E-state index contributed by atoms with van der Waals surface area (Å²) in [5.41, 5.74) is 1.05. The van der Waals surface area contributed by atoms with Gasteiger partial charge in [0.2, 0.25) is 0 Å². The molecule has 3 aromatic carbocycles. The topological polar surface area (TPSA) is 75.7 Å². The fourth-order valence-corrected chi connectivity index (χ4v) is 5.05. The first-order valence-corrected chi connectivity index (χ1v) is 12.4. The molecule has 0 unspecified atom stereocenters. The van der Waals surface area contributed by atoms with Crippen LogP contribution in [-0.4, -0.2) is 32.4 Å². The highest BCUT2D eigenvalue weighted by Crippen LogP contribution is 2.32. The third kappa shape index (κ3) is 5.88. The number of hydrogen-bond donors (Lipinski definition) is 1. The molecule has 1 amide bonds. The minimum absolute atomic E-state index is 0.0614. The van der Waals surface area contributed by atoms with Crippen molar-refractivity contribution < 1.29 is 31.1 Å². The number of ether oxygens (including phenoxy) is 1. The zero-order valence-electron chi connectivity index (χ0n) is 18.2. The number of nitrogens with one attached hydrogen (secondary N) is 1. The summed E-state index contributed by atoms with van der Waals surface area (Å²) in [5.74, 6) is -0.131. The van der Waals surface area contributed by atoms with Crippen LogP contribution in [0.2, 0.25) is 5.02 Å². The second-order valence-corrected chi connectivity index (χ2v) is 9.99. The molecule has 184 valence electrons. The molecule has 0 bridgehead atoms. The molecule has 0 atom stereocenters. The molecule has 0 aliphatic carbocycles. The molecule has 0 saturated heterocycles. The zero-order chi connectivity index (χ0) is 25.2. The van der Waals surface area contributed by atoms with E-state index in [9.17, 15) is 26.4 Å². The molecule has 0 saturated carbocycles. The maximum absolute atomic E-state index is 12.9. The van der Waals surface area contributed by atoms with Gasteiger partial charge >= 0.3 is 6.18 Å². The number of nitrogens with zero attached hydrogens (tertiary/aromatic N) is 1. The quantitative estimate of drug-likeness (QED) is 0.485. The maximum Gasteiger partial charge on any atom is 0.416 e. The van der Waals surface area contributed by atoms with Crippen molar-refractivity contribution >= 4 is 33.2 Å². The van der Waals surface area contributed by atoms with Crippen molar-refractivity contribution in [3.05, 3.63) is 88.4 Å². The molecule has 11 heteroatoms. The lowest BCUT2D eigenvalue weighted by molar-refractivity contribution is -0.137. The highest BCUT2D eigenvalue weighted by molar-refractivity contribution is 7.92. The molecule has 1 N–H and O–H groups in total. The second kappa shape index (κ2) is 9.79. The first-order chi connectivity index (χ1) is 16.5. The molecule has 3 aromatic rings. The summed E-state index contributed by atoms with van der Waals surface area (Å²) in [6.07, 6.45) is -3.87. The number of hydrogen-bond acceptors (Lipinski definition) is 4. The lowest BCUT2D eigenvalue weighted by atomic mass is 10.00. The monoisotopic (exact) mass is 524 g/mol. The van der Waals surface area contributed by atoms with Crippen LogP contribution in [0, 0.1) is 0 Å². The Balaban J connectivity index is 1.41. The SMILES string of the molecule is O=C(COc1ccc(S(=O)(=O)Nc2cccc(C(F)(F)F)c2)cc1Cl)N1CCc2ccccc2C1. The third-order valence-corrected chi connectivity index (χ3v) is 7.16. The zero-order valence-corrected chi connectivity index (χ0v) is 19.8. The average molecular weight is 525 g/mol. The molecule has 6 nitrogen and oxygen atoms in total. The number of fused-ring (bicyclic) bond motifs is 1. The molecule has 4 rings (SSSR count). The van der Waals surface area contributed by atoms with Crippen LogP contribution in [0.4, 0.5) is 18.9 Å². The van der Waals surface area contributed by atoms with Crippen LogP contribution in [0.3, 0.4) is 0 Å². The predicted octanol–water partition coefficient (Wildman–Crippen LogP) is 5.12. The number of alkyl halides is 3. The lowest BCUT2D eigenvalue weighted by Gasteiger charge is -2.28. The van der Waals surface area contributed by atoms with Crippen LogP contribution >= 0.6 is 11.6 Å². The van der Waals surface area contributed by atoms with Crippen molar-refractivity contribution in [3.8, 4) is 5.75 Å². The Hall–Kier alpha value is -3.24. The number of halogens is 4. The van der Waals surface area contributed by atoms with Gasteiger partial charge in [-0.15, -0.1) is 0 Å². The summed E-state index contributed by atoms with van der Waals surface area (Å²) < 4.78 is 71.6. The number of carbonyl (C=O) groups excluding carboxylic acids is 1. The van der Waals surface area contributed by atoms with Crippen molar-refractivity contribution in [3.63, 3.8) is 0 Å². The largest absolute Gasteiger partial charge is 0.482 e. The highest BCUT2D eigenvalue weighted by Gasteiger charge is 2.31. The number of benzene rings is 3. The Kier molecular flexibility index (Phi) is 6.95. The van der Waals surface area contributed by atoms with Crippen molar-refractivity contribution in [2.45, 2.75) is 24.0 Å². The van der Waals surface area contributed by atoms with Crippen LogP contribution in [0.15, 0.2) is 71.6 Å². The number of amides is 1. The van der Waals surface area contributed by atoms with Crippen LogP contribution in [-0.2, 0) is 34.0 Å². The minimum Gasteiger partial charge on any atom is -0.482 e. The molecule has 1 heterocycles. The van der Waals surface area contributed by atoms with Crippen molar-refractivity contribution in [2.24, 2.45) is 0 Å². The fraction of sp³-hybridized carbons (Fsp3) is 0.208. The summed E-state index contributed by atoms with van der Waals surface area (Å²) in [6, 6.07) is 15.3. The summed E-state index contributed by atoms with van der Waals surface area (Å²) >= 11 is 6.17. The van der Waals surface area contributed by atoms with Crippen LogP contribution in [0.25, 0.3) is 0 Å². The summed E-state index contributed by atoms with van der Waals surface area (Å²) in [7, 11) is -4.22. The van der Waals surface area contributed by atoms with E-state index in [0.29, 0.717) is 19.2 Å². The van der Waals surface area contributed by atoms with Gasteiger partial charge in [-0.3, -0.25) is 9.52 Å². The van der Waals surface area contributed by atoms with E-state index in [1.165, 1.54) is 23.8 Å². The highest BCUT2D eigenvalue weighted by atomic mass is 35.5. The predicted molar refractivity (Wildman–Crippen MR) is 125 cm³/mol. The van der Waals surface area contributed by atoms with E-state index < -0.39 is 21.8 Å². The van der Waals surface area contributed by atoms with E-state index in [1.54, 1.807) is 4.90 Å². The van der Waals surface area contributed by atoms with Crippen molar-refractivity contribution in [1.29, 1.82) is 0 Å². The van der Waals surface area contributed by atoms with Gasteiger partial charge in [-0.1, -0.05) is 41.9 Å². The smallest absolute Gasteiger partial charge is 0.416 e. The molecular formula is C24H20ClF3N2O4S. The van der Waals surface area contributed by atoms with Crippen LogP contribution in [0.1, 0.15) is 16.7 Å². The lowest BCUT2D eigenvalue weighted by Crippen LogP contribution is -2.38. The first-order valence-electron chi connectivity index (χ1n) is 10.5. The summed E-state index contributed by atoms with van der Waals surface area (Å²) in [6.45, 7) is 0.756. The number of sulfonamides is 1. The molecule has 0 spiro atoms. The van der Waals surface area contributed by atoms with E-state index in [0.717, 1.165) is 30.2 Å². The minimum atomic E-state index is -4.61. The molecule has 0 fully saturated rings. The second-order valence-electron chi connectivity index (χ2n) is 7.90. The Morgan fingerprint density at radius 3 is 2.49 bits per heavy atom. The van der Waals surface area contributed by atoms with Gasteiger partial charge < -0.3 is 9.64 Å². The van der Waals surface area contributed by atoms with Crippen LogP contribution in [0.5, 0.6) is 5.75 Å². The van der Waals surface area contributed by atoms with Gasteiger partial charge in [0.1, 0.15) is 5.75 Å². The van der Waals surface area contributed by atoms with Crippen molar-refractivity contribution in [1.82, 2.24) is 4.90 Å². The van der Waals surface area contributed by atoms with Gasteiger partial charge in [0, 0.05) is 18.8 Å². The average Bonchev–Trinajstić information content (AvgIpc) is 2.82. The van der Waals surface area contributed by atoms with E-state index >= 15 is 0 Å². The van der Waals surface area contributed by atoms with Crippen LogP contribution < -0.4 is 9.46 Å². The Morgan fingerprint density at radius 2 is 1.77 bits per heavy atom.